The maximum Gasteiger partial charge on any atom is 0.150 e. The summed E-state index contributed by atoms with van der Waals surface area (Å²) in [5.74, 6) is 1.64. The third-order valence-electron chi connectivity index (χ3n) is 3.23. The summed E-state index contributed by atoms with van der Waals surface area (Å²) in [7, 11) is 1.98. The van der Waals surface area contributed by atoms with Gasteiger partial charge < -0.3 is 14.6 Å². The van der Waals surface area contributed by atoms with Crippen LogP contribution in [-0.4, -0.2) is 9.55 Å². The molecule has 2 aromatic carbocycles. The van der Waals surface area contributed by atoms with E-state index in [4.69, 9.17) is 4.74 Å². The minimum atomic E-state index is 0.700. The maximum absolute atomic E-state index is 5.92. The Balaban J connectivity index is 1.75. The van der Waals surface area contributed by atoms with E-state index in [1.165, 1.54) is 0 Å². The van der Waals surface area contributed by atoms with Crippen LogP contribution in [0.4, 0.5) is 5.69 Å². The van der Waals surface area contributed by atoms with Crippen LogP contribution >= 0.6 is 0 Å². The van der Waals surface area contributed by atoms with Crippen LogP contribution in [0.3, 0.4) is 0 Å². The Bertz CT molecular complexity index is 707. The predicted octanol–water partition coefficient (Wildman–Crippen LogP) is 3.82. The second kappa shape index (κ2) is 6.13. The summed E-state index contributed by atoms with van der Waals surface area (Å²) in [6, 6.07) is 17.7. The van der Waals surface area contributed by atoms with Gasteiger partial charge in [-0.15, -0.1) is 0 Å². The van der Waals surface area contributed by atoms with E-state index in [0.29, 0.717) is 6.54 Å². The Kier molecular flexibility index (Phi) is 3.87. The Labute approximate surface area is 124 Å². The number of benzene rings is 2. The SMILES string of the molecule is Cn1cncc1CNc1ccccc1Oc1ccccc1. The van der Waals surface area contributed by atoms with E-state index in [1.54, 1.807) is 6.33 Å². The van der Waals surface area contributed by atoms with Crippen molar-refractivity contribution >= 4 is 5.69 Å². The molecule has 0 saturated carbocycles. The van der Waals surface area contributed by atoms with Gasteiger partial charge in [-0.05, 0) is 24.3 Å². The third-order valence-corrected chi connectivity index (χ3v) is 3.23. The van der Waals surface area contributed by atoms with Crippen LogP contribution < -0.4 is 10.1 Å². The molecule has 106 valence electrons. The molecule has 0 spiro atoms. The summed E-state index contributed by atoms with van der Waals surface area (Å²) in [6.45, 7) is 0.700. The largest absolute Gasteiger partial charge is 0.455 e. The molecule has 0 aliphatic carbocycles. The van der Waals surface area contributed by atoms with Gasteiger partial charge in [-0.2, -0.15) is 0 Å². The van der Waals surface area contributed by atoms with E-state index in [0.717, 1.165) is 22.9 Å². The lowest BCUT2D eigenvalue weighted by Gasteiger charge is -2.13. The molecule has 4 heteroatoms. The van der Waals surface area contributed by atoms with Gasteiger partial charge in [-0.25, -0.2) is 4.98 Å². The van der Waals surface area contributed by atoms with Crippen molar-refractivity contribution in [3.63, 3.8) is 0 Å². The van der Waals surface area contributed by atoms with E-state index in [1.807, 2.05) is 72.4 Å². The summed E-state index contributed by atoms with van der Waals surface area (Å²) < 4.78 is 7.92. The van der Waals surface area contributed by atoms with Crippen LogP contribution in [0.5, 0.6) is 11.5 Å². The lowest BCUT2D eigenvalue weighted by atomic mass is 10.2. The van der Waals surface area contributed by atoms with Crippen molar-refractivity contribution < 1.29 is 4.74 Å². The zero-order chi connectivity index (χ0) is 14.5. The van der Waals surface area contributed by atoms with Crippen molar-refractivity contribution in [2.75, 3.05) is 5.32 Å². The van der Waals surface area contributed by atoms with Crippen LogP contribution in [0.15, 0.2) is 67.1 Å². The number of hydrogen-bond donors (Lipinski definition) is 1. The molecule has 0 radical (unpaired) electrons. The summed E-state index contributed by atoms with van der Waals surface area (Å²) in [5.41, 5.74) is 2.08. The summed E-state index contributed by atoms with van der Waals surface area (Å²) in [6.07, 6.45) is 3.65. The fourth-order valence-electron chi connectivity index (χ4n) is 2.06. The lowest BCUT2D eigenvalue weighted by Crippen LogP contribution is -2.04. The topological polar surface area (TPSA) is 39.1 Å². The van der Waals surface area contributed by atoms with Gasteiger partial charge in [0, 0.05) is 13.2 Å². The van der Waals surface area contributed by atoms with Crippen LogP contribution in [0.2, 0.25) is 0 Å². The van der Waals surface area contributed by atoms with Crippen LogP contribution in [0.25, 0.3) is 0 Å². The molecule has 0 fully saturated rings. The number of imidazole rings is 1. The van der Waals surface area contributed by atoms with Gasteiger partial charge >= 0.3 is 0 Å². The molecule has 0 aliphatic rings. The smallest absolute Gasteiger partial charge is 0.150 e. The fourth-order valence-corrected chi connectivity index (χ4v) is 2.06. The average molecular weight is 279 g/mol. The molecule has 0 bridgehead atoms. The first kappa shape index (κ1) is 13.2. The van der Waals surface area contributed by atoms with Gasteiger partial charge in [0.1, 0.15) is 5.75 Å². The summed E-state index contributed by atoms with van der Waals surface area (Å²) in [4.78, 5) is 4.12. The van der Waals surface area contributed by atoms with Crippen LogP contribution in [0, 0.1) is 0 Å². The zero-order valence-corrected chi connectivity index (χ0v) is 11.9. The number of aryl methyl sites for hydroxylation is 1. The van der Waals surface area contributed by atoms with Crippen molar-refractivity contribution in [1.29, 1.82) is 0 Å². The van der Waals surface area contributed by atoms with Crippen molar-refractivity contribution in [3.8, 4) is 11.5 Å². The molecule has 1 N–H and O–H groups in total. The first-order valence-corrected chi connectivity index (χ1v) is 6.84. The molecule has 0 aliphatic heterocycles. The first-order chi connectivity index (χ1) is 10.3. The number of anilines is 1. The molecule has 0 saturated heterocycles. The van der Waals surface area contributed by atoms with Gasteiger partial charge in [-0.3, -0.25) is 0 Å². The molecule has 3 rings (SSSR count). The predicted molar refractivity (Wildman–Crippen MR) is 83.5 cm³/mol. The summed E-state index contributed by atoms with van der Waals surface area (Å²) in [5, 5.41) is 3.39. The second-order valence-electron chi connectivity index (χ2n) is 4.76. The van der Waals surface area contributed by atoms with Gasteiger partial charge in [-0.1, -0.05) is 30.3 Å². The van der Waals surface area contributed by atoms with E-state index in [9.17, 15) is 0 Å². The van der Waals surface area contributed by atoms with E-state index in [-0.39, 0.29) is 0 Å². The maximum atomic E-state index is 5.92. The first-order valence-electron chi connectivity index (χ1n) is 6.84. The Hall–Kier alpha value is -2.75. The molecule has 3 aromatic rings. The van der Waals surface area contributed by atoms with Crippen molar-refractivity contribution in [2.24, 2.45) is 7.05 Å². The van der Waals surface area contributed by atoms with Gasteiger partial charge in [0.25, 0.3) is 0 Å². The molecule has 4 nitrogen and oxygen atoms in total. The molecule has 0 unspecified atom stereocenters. The normalized spacial score (nSPS) is 10.3. The Morgan fingerprint density at radius 3 is 2.57 bits per heavy atom. The minimum absolute atomic E-state index is 0.700. The van der Waals surface area contributed by atoms with Gasteiger partial charge in [0.05, 0.1) is 24.3 Å². The van der Waals surface area contributed by atoms with E-state index in [2.05, 4.69) is 10.3 Å². The Morgan fingerprint density at radius 1 is 1.05 bits per heavy atom. The number of aromatic nitrogens is 2. The molecular formula is C17H17N3O. The molecule has 1 heterocycles. The molecule has 0 atom stereocenters. The van der Waals surface area contributed by atoms with Crippen molar-refractivity contribution in [2.45, 2.75) is 6.54 Å². The Morgan fingerprint density at radius 2 is 1.81 bits per heavy atom. The molecular weight excluding hydrogens is 262 g/mol. The van der Waals surface area contributed by atoms with Crippen molar-refractivity contribution in [1.82, 2.24) is 9.55 Å². The van der Waals surface area contributed by atoms with Gasteiger partial charge in [0.2, 0.25) is 0 Å². The summed E-state index contributed by atoms with van der Waals surface area (Å²) >= 11 is 0. The van der Waals surface area contributed by atoms with E-state index >= 15 is 0 Å². The molecule has 1 aromatic heterocycles. The monoisotopic (exact) mass is 279 g/mol. The number of nitrogens with one attached hydrogen (secondary N) is 1. The van der Waals surface area contributed by atoms with Crippen LogP contribution in [-0.2, 0) is 13.6 Å². The molecule has 0 amide bonds. The third kappa shape index (κ3) is 3.23. The number of nitrogens with zero attached hydrogens (tertiary/aromatic N) is 2. The quantitative estimate of drug-likeness (QED) is 0.771. The fraction of sp³-hybridized carbons (Fsp3) is 0.118. The minimum Gasteiger partial charge on any atom is -0.455 e. The van der Waals surface area contributed by atoms with Gasteiger partial charge in [0.15, 0.2) is 5.75 Å². The lowest BCUT2D eigenvalue weighted by molar-refractivity contribution is 0.484. The number of para-hydroxylation sites is 3. The number of hydrogen-bond acceptors (Lipinski definition) is 3. The number of ether oxygens (including phenoxy) is 1. The highest BCUT2D eigenvalue weighted by Crippen LogP contribution is 2.29. The zero-order valence-electron chi connectivity index (χ0n) is 11.9. The number of rotatable bonds is 5. The van der Waals surface area contributed by atoms with E-state index < -0.39 is 0 Å². The highest BCUT2D eigenvalue weighted by molar-refractivity contribution is 5.57. The highest BCUT2D eigenvalue weighted by Gasteiger charge is 2.05. The van der Waals surface area contributed by atoms with Crippen LogP contribution in [0.1, 0.15) is 5.69 Å². The second-order valence-corrected chi connectivity index (χ2v) is 4.76. The standard InChI is InChI=1S/C17H17N3O/c1-20-13-18-11-14(20)12-19-16-9-5-6-10-17(16)21-15-7-3-2-4-8-15/h2-11,13,19H,12H2,1H3. The molecule has 21 heavy (non-hydrogen) atoms. The highest BCUT2D eigenvalue weighted by atomic mass is 16.5. The average Bonchev–Trinajstić information content (AvgIpc) is 2.93. The van der Waals surface area contributed by atoms with Crippen molar-refractivity contribution in [3.05, 3.63) is 72.8 Å².